The highest BCUT2D eigenvalue weighted by molar-refractivity contribution is 6.00. The first kappa shape index (κ1) is 22.1. The molecule has 0 spiro atoms. The lowest BCUT2D eigenvalue weighted by Gasteiger charge is -2.20. The van der Waals surface area contributed by atoms with Crippen molar-refractivity contribution in [3.05, 3.63) is 101 Å². The number of rotatable bonds is 2. The molecule has 2 aliphatic carbocycles. The Kier molecular flexibility index (Phi) is 5.14. The number of pyridine rings is 1. The molecule has 4 nitrogen and oxygen atoms in total. The monoisotopic (exact) mass is 496 g/mol. The van der Waals surface area contributed by atoms with Crippen LogP contribution in [0.3, 0.4) is 0 Å². The topological polar surface area (TPSA) is 35.1 Å². The van der Waals surface area contributed by atoms with Crippen molar-refractivity contribution in [2.24, 2.45) is 4.99 Å². The third-order valence-corrected chi connectivity index (χ3v) is 8.95. The van der Waals surface area contributed by atoms with E-state index in [1.165, 1.54) is 94.3 Å². The Labute approximate surface area is 223 Å². The Morgan fingerprint density at radius 2 is 1.21 bits per heavy atom. The standard InChI is InChI=1S/C34H32N4/c1-5-13-29-25(9-1)26-10-2-6-14-30(26)37(29)33-19-17-23(21-35-33)24-18-20-34(36-22-24)38-31-15-7-3-11-27(31)28-12-4-8-16-32(28)38/h1,3,5,7,9,11,13,15,17,19,21-22H,2,4,6,8,10,12,14,16,18,20H2. The van der Waals surface area contributed by atoms with Crippen LogP contribution in [0.2, 0.25) is 0 Å². The summed E-state index contributed by atoms with van der Waals surface area (Å²) in [5.74, 6) is 2.21. The van der Waals surface area contributed by atoms with Gasteiger partial charge in [-0.2, -0.15) is 0 Å². The lowest BCUT2D eigenvalue weighted by Crippen LogP contribution is -2.18. The Balaban J connectivity index is 1.15. The lowest BCUT2D eigenvalue weighted by atomic mass is 9.95. The zero-order valence-corrected chi connectivity index (χ0v) is 21.8. The molecular formula is C34H32N4. The molecule has 0 N–H and O–H groups in total. The van der Waals surface area contributed by atoms with Gasteiger partial charge in [-0.05, 0) is 104 Å². The van der Waals surface area contributed by atoms with E-state index in [4.69, 9.17) is 9.98 Å². The van der Waals surface area contributed by atoms with Crippen LogP contribution in [0.15, 0.2) is 78.1 Å². The normalized spacial score (nSPS) is 17.3. The fraction of sp³-hybridized carbons (Fsp3) is 0.294. The van der Waals surface area contributed by atoms with E-state index in [9.17, 15) is 0 Å². The summed E-state index contributed by atoms with van der Waals surface area (Å²) in [5, 5.41) is 2.81. The minimum atomic E-state index is 0.953. The van der Waals surface area contributed by atoms with E-state index in [-0.39, 0.29) is 0 Å². The minimum absolute atomic E-state index is 0.953. The van der Waals surface area contributed by atoms with Crippen molar-refractivity contribution in [3.63, 3.8) is 0 Å². The van der Waals surface area contributed by atoms with E-state index >= 15 is 0 Å². The van der Waals surface area contributed by atoms with Gasteiger partial charge in [-0.15, -0.1) is 0 Å². The van der Waals surface area contributed by atoms with Crippen LogP contribution in [0, 0.1) is 0 Å². The van der Waals surface area contributed by atoms with E-state index in [2.05, 4.69) is 82.2 Å². The molecule has 0 saturated heterocycles. The lowest BCUT2D eigenvalue weighted by molar-refractivity contribution is 0.664. The summed E-state index contributed by atoms with van der Waals surface area (Å²) in [5.41, 5.74) is 11.1. The van der Waals surface area contributed by atoms with Gasteiger partial charge in [-0.3, -0.25) is 4.57 Å². The number of aromatic nitrogens is 3. The number of aliphatic imine (C=N–C) groups is 1. The molecule has 0 fully saturated rings. The zero-order chi connectivity index (χ0) is 25.1. The van der Waals surface area contributed by atoms with Gasteiger partial charge >= 0.3 is 0 Å². The molecule has 4 heterocycles. The molecular weight excluding hydrogens is 464 g/mol. The van der Waals surface area contributed by atoms with Gasteiger partial charge in [0.25, 0.3) is 0 Å². The van der Waals surface area contributed by atoms with Crippen molar-refractivity contribution in [2.45, 2.75) is 64.2 Å². The molecule has 0 amide bonds. The van der Waals surface area contributed by atoms with Crippen molar-refractivity contribution in [1.29, 1.82) is 0 Å². The summed E-state index contributed by atoms with van der Waals surface area (Å²) >= 11 is 0. The van der Waals surface area contributed by atoms with Crippen LogP contribution in [-0.2, 0) is 25.7 Å². The van der Waals surface area contributed by atoms with Gasteiger partial charge in [0.1, 0.15) is 11.7 Å². The fourth-order valence-corrected chi connectivity index (χ4v) is 7.17. The maximum atomic E-state index is 5.04. The first-order valence-corrected chi connectivity index (χ1v) is 14.3. The first-order valence-electron chi connectivity index (χ1n) is 14.3. The molecule has 5 aromatic rings. The molecule has 0 radical (unpaired) electrons. The Bertz CT molecular complexity index is 1760. The quantitative estimate of drug-likeness (QED) is 0.245. The van der Waals surface area contributed by atoms with E-state index < -0.39 is 0 Å². The Morgan fingerprint density at radius 1 is 0.579 bits per heavy atom. The summed E-state index contributed by atoms with van der Waals surface area (Å²) in [6.07, 6.45) is 15.8. The van der Waals surface area contributed by atoms with Crippen molar-refractivity contribution in [3.8, 4) is 5.82 Å². The smallest absolute Gasteiger partial charge is 0.137 e. The minimum Gasteiger partial charge on any atom is -0.301 e. The van der Waals surface area contributed by atoms with Crippen LogP contribution in [0.1, 0.15) is 66.6 Å². The highest BCUT2D eigenvalue weighted by atomic mass is 15.1. The summed E-state index contributed by atoms with van der Waals surface area (Å²) in [7, 11) is 0. The van der Waals surface area contributed by atoms with Crippen LogP contribution in [-0.4, -0.2) is 20.0 Å². The average molecular weight is 497 g/mol. The number of hydrogen-bond donors (Lipinski definition) is 0. The second-order valence-electron chi connectivity index (χ2n) is 11.1. The number of allylic oxidation sites excluding steroid dienone is 1. The van der Waals surface area contributed by atoms with Crippen LogP contribution >= 0.6 is 0 Å². The predicted molar refractivity (Wildman–Crippen MR) is 156 cm³/mol. The van der Waals surface area contributed by atoms with E-state index in [0.717, 1.165) is 31.5 Å². The predicted octanol–water partition coefficient (Wildman–Crippen LogP) is 7.82. The molecule has 0 unspecified atom stereocenters. The summed E-state index contributed by atoms with van der Waals surface area (Å²) in [6.45, 7) is 0. The molecule has 0 saturated carbocycles. The van der Waals surface area contributed by atoms with Crippen molar-refractivity contribution in [1.82, 2.24) is 14.1 Å². The summed E-state index contributed by atoms with van der Waals surface area (Å²) in [4.78, 5) is 10.0. The van der Waals surface area contributed by atoms with Gasteiger partial charge in [0, 0.05) is 41.0 Å². The summed E-state index contributed by atoms with van der Waals surface area (Å²) < 4.78 is 4.87. The molecule has 3 aliphatic rings. The number of para-hydroxylation sites is 2. The van der Waals surface area contributed by atoms with Gasteiger partial charge < -0.3 is 4.57 Å². The SMILES string of the molecule is C1=C(c2ccc(-n3c4c(c5ccccc53)CCCC4)nc2)CCC(n2c3c(c4ccccc42)CCCC3)=N1. The molecule has 3 aromatic heterocycles. The number of fused-ring (bicyclic) bond motifs is 6. The van der Waals surface area contributed by atoms with Crippen LogP contribution in [0.4, 0.5) is 0 Å². The third-order valence-electron chi connectivity index (χ3n) is 8.95. The number of hydrogen-bond acceptors (Lipinski definition) is 2. The van der Waals surface area contributed by atoms with Gasteiger partial charge in [0.05, 0.1) is 11.0 Å². The highest BCUT2D eigenvalue weighted by Crippen LogP contribution is 2.36. The molecule has 8 rings (SSSR count). The maximum Gasteiger partial charge on any atom is 0.137 e. The average Bonchev–Trinajstić information content (AvgIpc) is 3.51. The van der Waals surface area contributed by atoms with E-state index in [0.29, 0.717) is 0 Å². The van der Waals surface area contributed by atoms with Crippen molar-refractivity contribution in [2.75, 3.05) is 0 Å². The number of benzene rings is 2. The molecule has 0 atom stereocenters. The van der Waals surface area contributed by atoms with Crippen molar-refractivity contribution < 1.29 is 0 Å². The van der Waals surface area contributed by atoms with Gasteiger partial charge in [0.15, 0.2) is 0 Å². The zero-order valence-electron chi connectivity index (χ0n) is 21.8. The van der Waals surface area contributed by atoms with Gasteiger partial charge in [0.2, 0.25) is 0 Å². The van der Waals surface area contributed by atoms with Crippen LogP contribution < -0.4 is 0 Å². The number of aryl methyl sites for hydroxylation is 2. The fourth-order valence-electron chi connectivity index (χ4n) is 7.17. The molecule has 1 aliphatic heterocycles. The Morgan fingerprint density at radius 3 is 1.84 bits per heavy atom. The van der Waals surface area contributed by atoms with E-state index in [1.54, 1.807) is 5.56 Å². The molecule has 188 valence electrons. The highest BCUT2D eigenvalue weighted by Gasteiger charge is 2.24. The van der Waals surface area contributed by atoms with Gasteiger partial charge in [-0.25, -0.2) is 9.98 Å². The largest absolute Gasteiger partial charge is 0.301 e. The maximum absolute atomic E-state index is 5.04. The number of nitrogens with zero attached hydrogens (tertiary/aromatic N) is 4. The van der Waals surface area contributed by atoms with E-state index in [1.807, 2.05) is 0 Å². The second-order valence-corrected chi connectivity index (χ2v) is 11.1. The second kappa shape index (κ2) is 8.83. The first-order chi connectivity index (χ1) is 18.9. The summed E-state index contributed by atoms with van der Waals surface area (Å²) in [6, 6.07) is 22.2. The molecule has 2 aromatic carbocycles. The van der Waals surface area contributed by atoms with Crippen molar-refractivity contribution >= 4 is 33.2 Å². The van der Waals surface area contributed by atoms with Gasteiger partial charge in [-0.1, -0.05) is 36.4 Å². The molecule has 38 heavy (non-hydrogen) atoms. The molecule has 4 heteroatoms. The van der Waals surface area contributed by atoms with Crippen LogP contribution in [0.5, 0.6) is 0 Å². The Hall–Kier alpha value is -3.92. The third kappa shape index (κ3) is 3.36. The molecule has 0 bridgehead atoms. The van der Waals surface area contributed by atoms with Crippen LogP contribution in [0.25, 0.3) is 33.2 Å².